The van der Waals surface area contributed by atoms with Crippen LogP contribution in [-0.2, 0) is 11.2 Å². The lowest BCUT2D eigenvalue weighted by molar-refractivity contribution is -0.123. The van der Waals surface area contributed by atoms with Crippen LogP contribution in [0.1, 0.15) is 33.2 Å². The minimum atomic E-state index is -1.23. The number of amides is 2. The molecule has 8 heteroatoms. The van der Waals surface area contributed by atoms with Gasteiger partial charge < -0.3 is 9.84 Å². The molecule has 2 rings (SSSR count). The first-order chi connectivity index (χ1) is 12.4. The first-order valence-electron chi connectivity index (χ1n) is 7.75. The number of aromatic carboxylic acids is 1. The van der Waals surface area contributed by atoms with Crippen molar-refractivity contribution in [1.82, 2.24) is 10.9 Å². The molecule has 0 aromatic heterocycles. The molecule has 0 fully saturated rings. The molecular weight excluding hydrogens is 404 g/mol. The Bertz CT molecular complexity index is 838. The Morgan fingerprint density at radius 1 is 1.08 bits per heavy atom. The summed E-state index contributed by atoms with van der Waals surface area (Å²) < 4.78 is 6.12. The fourth-order valence-corrected chi connectivity index (χ4v) is 2.66. The minimum Gasteiger partial charge on any atom is -0.483 e. The lowest BCUT2D eigenvalue weighted by Gasteiger charge is -2.11. The maximum atomic E-state index is 12.0. The molecular formula is C18H17BrN2O5. The second-order valence-electron chi connectivity index (χ2n) is 5.26. The Morgan fingerprint density at radius 2 is 1.77 bits per heavy atom. The molecule has 0 saturated carbocycles. The van der Waals surface area contributed by atoms with Crippen LogP contribution in [0.15, 0.2) is 46.9 Å². The summed E-state index contributed by atoms with van der Waals surface area (Å²) in [4.78, 5) is 35.0. The molecule has 0 radical (unpaired) electrons. The van der Waals surface area contributed by atoms with Gasteiger partial charge in [-0.1, -0.05) is 25.1 Å². The molecule has 2 aromatic rings. The van der Waals surface area contributed by atoms with Gasteiger partial charge in [0.15, 0.2) is 6.61 Å². The number of nitrogens with one attached hydrogen (secondary N) is 2. The molecule has 2 amide bonds. The summed E-state index contributed by atoms with van der Waals surface area (Å²) in [5.74, 6) is -2.05. The van der Waals surface area contributed by atoms with Gasteiger partial charge in [-0.3, -0.25) is 20.4 Å². The van der Waals surface area contributed by atoms with Crippen LogP contribution in [0.5, 0.6) is 5.75 Å². The molecule has 0 aliphatic heterocycles. The highest BCUT2D eigenvalue weighted by Crippen LogP contribution is 2.26. The highest BCUT2D eigenvalue weighted by atomic mass is 79.9. The van der Waals surface area contributed by atoms with Crippen LogP contribution in [-0.4, -0.2) is 29.5 Å². The summed E-state index contributed by atoms with van der Waals surface area (Å²) in [6.45, 7) is 1.71. The van der Waals surface area contributed by atoms with E-state index in [0.717, 1.165) is 16.5 Å². The lowest BCUT2D eigenvalue weighted by Crippen LogP contribution is -2.44. The van der Waals surface area contributed by atoms with Crippen LogP contribution in [0, 0.1) is 0 Å². The molecule has 26 heavy (non-hydrogen) atoms. The molecule has 0 bridgehead atoms. The van der Waals surface area contributed by atoms with E-state index < -0.39 is 17.8 Å². The molecule has 0 saturated heterocycles. The molecule has 0 spiro atoms. The van der Waals surface area contributed by atoms with E-state index in [0.29, 0.717) is 5.75 Å². The molecule has 0 atom stereocenters. The SMILES string of the molecule is CCc1ccc(OCC(=O)NNC(=O)c2ccccc2C(=O)O)c(Br)c1. The number of halogens is 1. The first-order valence-corrected chi connectivity index (χ1v) is 8.54. The van der Waals surface area contributed by atoms with E-state index in [1.54, 1.807) is 6.07 Å². The van der Waals surface area contributed by atoms with E-state index in [1.807, 2.05) is 19.1 Å². The Balaban J connectivity index is 1.89. The summed E-state index contributed by atoms with van der Waals surface area (Å²) in [7, 11) is 0. The van der Waals surface area contributed by atoms with Gasteiger partial charge in [0.2, 0.25) is 0 Å². The van der Waals surface area contributed by atoms with Crippen molar-refractivity contribution in [2.45, 2.75) is 13.3 Å². The quantitative estimate of drug-likeness (QED) is 0.622. The number of carboxylic acid groups (broad SMARTS) is 1. The van der Waals surface area contributed by atoms with Gasteiger partial charge in [0.25, 0.3) is 11.8 Å². The van der Waals surface area contributed by atoms with Crippen LogP contribution in [0.4, 0.5) is 0 Å². The van der Waals surface area contributed by atoms with Crippen molar-refractivity contribution in [3.05, 3.63) is 63.6 Å². The lowest BCUT2D eigenvalue weighted by atomic mass is 10.1. The van der Waals surface area contributed by atoms with E-state index >= 15 is 0 Å². The normalized spacial score (nSPS) is 10.1. The first kappa shape index (κ1) is 19.5. The van der Waals surface area contributed by atoms with E-state index in [2.05, 4.69) is 26.8 Å². The third-order valence-electron chi connectivity index (χ3n) is 3.48. The van der Waals surface area contributed by atoms with Crippen molar-refractivity contribution in [1.29, 1.82) is 0 Å². The second kappa shape index (κ2) is 9.00. The fourth-order valence-electron chi connectivity index (χ4n) is 2.12. The molecule has 0 unspecified atom stereocenters. The highest BCUT2D eigenvalue weighted by Gasteiger charge is 2.16. The zero-order valence-electron chi connectivity index (χ0n) is 13.9. The topological polar surface area (TPSA) is 105 Å². The van der Waals surface area contributed by atoms with E-state index in [-0.39, 0.29) is 17.7 Å². The van der Waals surface area contributed by atoms with Crippen LogP contribution in [0.3, 0.4) is 0 Å². The zero-order valence-corrected chi connectivity index (χ0v) is 15.5. The van der Waals surface area contributed by atoms with Crippen LogP contribution in [0.2, 0.25) is 0 Å². The largest absolute Gasteiger partial charge is 0.483 e. The summed E-state index contributed by atoms with van der Waals surface area (Å²) in [6, 6.07) is 11.2. The Hall–Kier alpha value is -2.87. The average Bonchev–Trinajstić information content (AvgIpc) is 2.64. The second-order valence-corrected chi connectivity index (χ2v) is 6.11. The van der Waals surface area contributed by atoms with E-state index in [9.17, 15) is 14.4 Å². The van der Waals surface area contributed by atoms with Crippen molar-refractivity contribution < 1.29 is 24.2 Å². The number of aryl methyl sites for hydroxylation is 1. The third-order valence-corrected chi connectivity index (χ3v) is 4.10. The predicted molar refractivity (Wildman–Crippen MR) is 98.0 cm³/mol. The minimum absolute atomic E-state index is 0.0564. The van der Waals surface area contributed by atoms with Crippen LogP contribution < -0.4 is 15.6 Å². The highest BCUT2D eigenvalue weighted by molar-refractivity contribution is 9.10. The Kier molecular flexibility index (Phi) is 6.74. The van der Waals surface area contributed by atoms with Crippen molar-refractivity contribution >= 4 is 33.7 Å². The van der Waals surface area contributed by atoms with Gasteiger partial charge in [-0.15, -0.1) is 0 Å². The van der Waals surface area contributed by atoms with Gasteiger partial charge in [-0.05, 0) is 52.2 Å². The zero-order chi connectivity index (χ0) is 19.1. The van der Waals surface area contributed by atoms with Gasteiger partial charge >= 0.3 is 5.97 Å². The number of ether oxygens (including phenoxy) is 1. The number of hydrazine groups is 1. The number of carbonyl (C=O) groups excluding carboxylic acids is 2. The summed E-state index contributed by atoms with van der Waals surface area (Å²) >= 11 is 3.37. The summed E-state index contributed by atoms with van der Waals surface area (Å²) in [6.07, 6.45) is 0.878. The molecule has 2 aromatic carbocycles. The van der Waals surface area contributed by atoms with Gasteiger partial charge in [-0.25, -0.2) is 4.79 Å². The predicted octanol–water partition coefficient (Wildman–Crippen LogP) is 2.55. The molecule has 0 aliphatic rings. The number of rotatable bonds is 6. The van der Waals surface area contributed by atoms with Crippen molar-refractivity contribution in [3.8, 4) is 5.75 Å². The molecule has 0 aliphatic carbocycles. The number of carboxylic acids is 1. The number of hydrogen-bond donors (Lipinski definition) is 3. The maximum absolute atomic E-state index is 12.0. The molecule has 7 nitrogen and oxygen atoms in total. The van der Waals surface area contributed by atoms with Crippen LogP contribution >= 0.6 is 15.9 Å². The Labute approximate surface area is 158 Å². The number of hydrogen-bond acceptors (Lipinski definition) is 4. The fraction of sp³-hybridized carbons (Fsp3) is 0.167. The van der Waals surface area contributed by atoms with Gasteiger partial charge in [0.1, 0.15) is 5.75 Å². The van der Waals surface area contributed by atoms with Gasteiger partial charge in [-0.2, -0.15) is 0 Å². The van der Waals surface area contributed by atoms with Crippen molar-refractivity contribution in [3.63, 3.8) is 0 Å². The van der Waals surface area contributed by atoms with Crippen molar-refractivity contribution in [2.24, 2.45) is 0 Å². The molecule has 136 valence electrons. The monoisotopic (exact) mass is 420 g/mol. The van der Waals surface area contributed by atoms with E-state index in [1.165, 1.54) is 24.3 Å². The Morgan fingerprint density at radius 3 is 2.38 bits per heavy atom. The number of benzene rings is 2. The van der Waals surface area contributed by atoms with E-state index in [4.69, 9.17) is 9.84 Å². The third kappa shape index (κ3) is 5.06. The van der Waals surface area contributed by atoms with Crippen LogP contribution in [0.25, 0.3) is 0 Å². The summed E-state index contributed by atoms with van der Waals surface area (Å²) in [5, 5.41) is 9.07. The smallest absolute Gasteiger partial charge is 0.336 e. The maximum Gasteiger partial charge on any atom is 0.336 e. The van der Waals surface area contributed by atoms with Crippen molar-refractivity contribution in [2.75, 3.05) is 6.61 Å². The number of carbonyl (C=O) groups is 3. The standard InChI is InChI=1S/C18H17BrN2O5/c1-2-11-7-8-15(14(19)9-11)26-10-16(22)20-21-17(23)12-5-3-4-6-13(12)18(24)25/h3-9H,2,10H2,1H3,(H,20,22)(H,21,23)(H,24,25). The molecule has 3 N–H and O–H groups in total. The van der Waals surface area contributed by atoms with Gasteiger partial charge in [0.05, 0.1) is 15.6 Å². The molecule has 0 heterocycles. The average molecular weight is 421 g/mol. The summed E-state index contributed by atoms with van der Waals surface area (Å²) in [5.41, 5.74) is 5.27. The van der Waals surface area contributed by atoms with Gasteiger partial charge in [0, 0.05) is 0 Å².